The average molecular weight is 313 g/mol. The van der Waals surface area contributed by atoms with Gasteiger partial charge in [-0.2, -0.15) is 13.2 Å². The number of hydrogen-bond donors (Lipinski definition) is 0. The summed E-state index contributed by atoms with van der Waals surface area (Å²) in [5.74, 6) is 0. The normalized spacial score (nSPS) is 11.5. The molecule has 0 saturated heterocycles. The second-order valence-electron chi connectivity index (χ2n) is 5.29. The van der Waals surface area contributed by atoms with Gasteiger partial charge in [0.25, 0.3) is 0 Å². The van der Waals surface area contributed by atoms with Crippen LogP contribution in [-0.4, -0.2) is 4.98 Å². The van der Waals surface area contributed by atoms with Crippen molar-refractivity contribution in [3.8, 4) is 22.4 Å². The zero-order valence-corrected chi connectivity index (χ0v) is 12.4. The quantitative estimate of drug-likeness (QED) is 0.587. The Bertz CT molecular complexity index is 824. The minimum absolute atomic E-state index is 0.530. The van der Waals surface area contributed by atoms with Crippen molar-refractivity contribution < 1.29 is 13.2 Å². The van der Waals surface area contributed by atoms with E-state index in [2.05, 4.69) is 4.98 Å². The van der Waals surface area contributed by atoms with E-state index in [9.17, 15) is 13.2 Å². The van der Waals surface area contributed by atoms with E-state index in [0.717, 1.165) is 17.2 Å². The van der Waals surface area contributed by atoms with E-state index in [1.54, 1.807) is 18.3 Å². The first-order chi connectivity index (χ1) is 11.0. The summed E-state index contributed by atoms with van der Waals surface area (Å²) < 4.78 is 39.2. The van der Waals surface area contributed by atoms with Gasteiger partial charge in [0.1, 0.15) is 0 Å². The molecule has 0 aliphatic heterocycles. The highest BCUT2D eigenvalue weighted by molar-refractivity contribution is 5.83. The molecule has 0 saturated carbocycles. The maximum absolute atomic E-state index is 13.1. The molecule has 0 fully saturated rings. The molecule has 2 aromatic carbocycles. The molecule has 3 aromatic rings. The summed E-state index contributed by atoms with van der Waals surface area (Å²) >= 11 is 0. The van der Waals surface area contributed by atoms with Gasteiger partial charge in [-0.1, -0.05) is 42.5 Å². The maximum atomic E-state index is 13.1. The zero-order valence-electron chi connectivity index (χ0n) is 12.4. The molecule has 0 amide bonds. The molecule has 23 heavy (non-hydrogen) atoms. The molecule has 0 bridgehead atoms. The number of rotatable bonds is 2. The Morgan fingerprint density at radius 3 is 2.22 bits per heavy atom. The summed E-state index contributed by atoms with van der Waals surface area (Å²) in [7, 11) is 0. The third-order valence-electron chi connectivity index (χ3n) is 3.70. The third-order valence-corrected chi connectivity index (χ3v) is 3.70. The largest absolute Gasteiger partial charge is 0.416 e. The number of pyridine rings is 1. The Morgan fingerprint density at radius 2 is 1.57 bits per heavy atom. The van der Waals surface area contributed by atoms with Crippen LogP contribution in [0.25, 0.3) is 22.4 Å². The molecule has 0 spiro atoms. The first-order valence-electron chi connectivity index (χ1n) is 7.15. The lowest BCUT2D eigenvalue weighted by Gasteiger charge is -2.15. The molecule has 1 aromatic heterocycles. The van der Waals surface area contributed by atoms with Crippen LogP contribution in [0.2, 0.25) is 0 Å². The molecule has 4 heteroatoms. The molecule has 0 radical (unpaired) electrons. The highest BCUT2D eigenvalue weighted by atomic mass is 19.4. The van der Waals surface area contributed by atoms with Crippen molar-refractivity contribution in [3.63, 3.8) is 0 Å². The Morgan fingerprint density at radius 1 is 0.826 bits per heavy atom. The van der Waals surface area contributed by atoms with Crippen LogP contribution in [0.3, 0.4) is 0 Å². The van der Waals surface area contributed by atoms with Crippen LogP contribution in [0.4, 0.5) is 13.2 Å². The van der Waals surface area contributed by atoms with Gasteiger partial charge in [0.2, 0.25) is 0 Å². The maximum Gasteiger partial charge on any atom is 0.416 e. The van der Waals surface area contributed by atoms with Crippen LogP contribution >= 0.6 is 0 Å². The van der Waals surface area contributed by atoms with Crippen molar-refractivity contribution in [2.75, 3.05) is 0 Å². The summed E-state index contributed by atoms with van der Waals surface area (Å²) in [6.07, 6.45) is -2.73. The fourth-order valence-electron chi connectivity index (χ4n) is 2.55. The van der Waals surface area contributed by atoms with Gasteiger partial charge in [-0.3, -0.25) is 4.98 Å². The highest BCUT2D eigenvalue weighted by Crippen LogP contribution is 2.38. The second-order valence-corrected chi connectivity index (χ2v) is 5.29. The number of aryl methyl sites for hydroxylation is 1. The molecule has 0 aliphatic rings. The molecule has 1 heterocycles. The third kappa shape index (κ3) is 3.11. The first kappa shape index (κ1) is 15.3. The molecule has 0 unspecified atom stereocenters. The lowest BCUT2D eigenvalue weighted by atomic mass is 9.93. The molecular weight excluding hydrogens is 299 g/mol. The smallest absolute Gasteiger partial charge is 0.256 e. The fraction of sp³-hybridized carbons (Fsp3) is 0.105. The fourth-order valence-corrected chi connectivity index (χ4v) is 2.55. The van der Waals surface area contributed by atoms with Gasteiger partial charge in [-0.15, -0.1) is 0 Å². The van der Waals surface area contributed by atoms with E-state index < -0.39 is 11.7 Å². The number of benzene rings is 2. The van der Waals surface area contributed by atoms with Gasteiger partial charge >= 0.3 is 6.18 Å². The van der Waals surface area contributed by atoms with Crippen molar-refractivity contribution in [3.05, 3.63) is 78.0 Å². The number of alkyl halides is 3. The van der Waals surface area contributed by atoms with E-state index in [4.69, 9.17) is 0 Å². The van der Waals surface area contributed by atoms with Gasteiger partial charge in [0.15, 0.2) is 0 Å². The van der Waals surface area contributed by atoms with E-state index in [-0.39, 0.29) is 0 Å². The lowest BCUT2D eigenvalue weighted by Crippen LogP contribution is -2.05. The minimum Gasteiger partial charge on any atom is -0.256 e. The van der Waals surface area contributed by atoms with Crippen LogP contribution in [0.1, 0.15) is 11.1 Å². The van der Waals surface area contributed by atoms with Crippen molar-refractivity contribution >= 4 is 0 Å². The van der Waals surface area contributed by atoms with Crippen molar-refractivity contribution in [1.29, 1.82) is 0 Å². The standard InChI is InChI=1S/C19H14F3N/c1-13-6-5-11-23-18(13)16-10-9-15(19(20,21)22)12-17(16)14-7-3-2-4-8-14/h2-12H,1H3. The van der Waals surface area contributed by atoms with Crippen LogP contribution < -0.4 is 0 Å². The predicted octanol–water partition coefficient (Wildman–Crippen LogP) is 5.74. The molecular formula is C19H14F3N. The van der Waals surface area contributed by atoms with Gasteiger partial charge in [-0.05, 0) is 41.8 Å². The van der Waals surface area contributed by atoms with Crippen molar-refractivity contribution in [2.24, 2.45) is 0 Å². The van der Waals surface area contributed by atoms with Gasteiger partial charge in [-0.25, -0.2) is 0 Å². The Kier molecular flexibility index (Phi) is 3.90. The minimum atomic E-state index is -4.37. The SMILES string of the molecule is Cc1cccnc1-c1ccc(C(F)(F)F)cc1-c1ccccc1. The first-order valence-corrected chi connectivity index (χ1v) is 7.15. The number of hydrogen-bond acceptors (Lipinski definition) is 1. The topological polar surface area (TPSA) is 12.9 Å². The highest BCUT2D eigenvalue weighted by Gasteiger charge is 2.31. The zero-order chi connectivity index (χ0) is 16.4. The van der Waals surface area contributed by atoms with Crippen LogP contribution in [0.15, 0.2) is 66.9 Å². The van der Waals surface area contributed by atoms with E-state index in [0.29, 0.717) is 16.8 Å². The number of halogens is 3. The lowest BCUT2D eigenvalue weighted by molar-refractivity contribution is -0.137. The molecule has 3 rings (SSSR count). The van der Waals surface area contributed by atoms with E-state index in [1.165, 1.54) is 12.1 Å². The molecule has 0 atom stereocenters. The van der Waals surface area contributed by atoms with Crippen molar-refractivity contribution in [2.45, 2.75) is 13.1 Å². The second kappa shape index (κ2) is 5.88. The molecule has 116 valence electrons. The Hall–Kier alpha value is -2.62. The van der Waals surface area contributed by atoms with Crippen LogP contribution in [0, 0.1) is 6.92 Å². The predicted molar refractivity (Wildman–Crippen MR) is 84.8 cm³/mol. The summed E-state index contributed by atoms with van der Waals surface area (Å²) in [6.45, 7) is 1.90. The molecule has 1 nitrogen and oxygen atoms in total. The van der Waals surface area contributed by atoms with Crippen molar-refractivity contribution in [1.82, 2.24) is 4.98 Å². The summed E-state index contributed by atoms with van der Waals surface area (Å²) in [6, 6.07) is 16.6. The van der Waals surface area contributed by atoms with E-state index >= 15 is 0 Å². The monoisotopic (exact) mass is 313 g/mol. The number of aromatic nitrogens is 1. The molecule has 0 aliphatic carbocycles. The summed E-state index contributed by atoms with van der Waals surface area (Å²) in [5, 5.41) is 0. The van der Waals surface area contributed by atoms with E-state index in [1.807, 2.05) is 37.3 Å². The van der Waals surface area contributed by atoms with Gasteiger partial charge < -0.3 is 0 Å². The van der Waals surface area contributed by atoms with Crippen LogP contribution in [0.5, 0.6) is 0 Å². The Balaban J connectivity index is 2.26. The summed E-state index contributed by atoms with van der Waals surface area (Å²) in [5.41, 5.74) is 2.92. The summed E-state index contributed by atoms with van der Waals surface area (Å²) in [4.78, 5) is 4.35. The molecule has 0 N–H and O–H groups in total. The van der Waals surface area contributed by atoms with Gasteiger partial charge in [0, 0.05) is 11.8 Å². The Labute approximate surface area is 132 Å². The number of nitrogens with zero attached hydrogens (tertiary/aromatic N) is 1. The average Bonchev–Trinajstić information content (AvgIpc) is 2.55. The van der Waals surface area contributed by atoms with Crippen LogP contribution in [-0.2, 0) is 6.18 Å². The van der Waals surface area contributed by atoms with Gasteiger partial charge in [0.05, 0.1) is 11.3 Å².